The van der Waals surface area contributed by atoms with Gasteiger partial charge in [0.05, 0.1) is 18.2 Å². The molecule has 0 spiro atoms. The van der Waals surface area contributed by atoms with Crippen LogP contribution in [0.25, 0.3) is 0 Å². The van der Waals surface area contributed by atoms with Gasteiger partial charge in [-0.2, -0.15) is 0 Å². The third-order valence-corrected chi connectivity index (χ3v) is 2.54. The molecule has 0 atom stereocenters. The molecular formula is C13H14O6. The smallest absolute Gasteiger partial charge is 0.335 e. The number of aromatic carboxylic acids is 1. The lowest BCUT2D eigenvalue weighted by Gasteiger charge is -2.08. The van der Waals surface area contributed by atoms with Crippen molar-refractivity contribution in [1.29, 1.82) is 0 Å². The fourth-order valence-corrected chi connectivity index (χ4v) is 1.59. The van der Waals surface area contributed by atoms with Crippen LogP contribution in [-0.2, 0) is 4.79 Å². The fraction of sp³-hybridized carbons (Fsp3) is 0.308. The summed E-state index contributed by atoms with van der Waals surface area (Å²) in [4.78, 5) is 33.1. The zero-order valence-electron chi connectivity index (χ0n) is 10.4. The first-order valence-electron chi connectivity index (χ1n) is 5.62. The van der Waals surface area contributed by atoms with Crippen LogP contribution in [0.3, 0.4) is 0 Å². The van der Waals surface area contributed by atoms with E-state index in [2.05, 4.69) is 0 Å². The summed E-state index contributed by atoms with van der Waals surface area (Å²) in [5, 5.41) is 17.4. The Balaban J connectivity index is 2.89. The zero-order chi connectivity index (χ0) is 14.4. The van der Waals surface area contributed by atoms with Crippen molar-refractivity contribution in [2.24, 2.45) is 0 Å². The summed E-state index contributed by atoms with van der Waals surface area (Å²) >= 11 is 0. The van der Waals surface area contributed by atoms with Crippen LogP contribution in [0.1, 0.15) is 40.0 Å². The van der Waals surface area contributed by atoms with Crippen LogP contribution in [0.4, 0.5) is 0 Å². The molecule has 19 heavy (non-hydrogen) atoms. The van der Waals surface area contributed by atoms with E-state index >= 15 is 0 Å². The van der Waals surface area contributed by atoms with Gasteiger partial charge in [0.15, 0.2) is 5.78 Å². The van der Waals surface area contributed by atoms with Crippen LogP contribution in [-0.4, -0.2) is 35.0 Å². The van der Waals surface area contributed by atoms with Crippen LogP contribution >= 0.6 is 0 Å². The van der Waals surface area contributed by atoms with Crippen molar-refractivity contribution in [2.75, 3.05) is 7.11 Å². The first kappa shape index (κ1) is 14.7. The predicted molar refractivity (Wildman–Crippen MR) is 65.8 cm³/mol. The molecule has 0 saturated carbocycles. The standard InChI is InChI=1S/C13H14O6/c1-19-11-6-5-8(13(17)18)7-9(11)10(14)3-2-4-12(15)16/h5-7H,2-4H2,1H3,(H,15,16)(H,17,18). The van der Waals surface area contributed by atoms with Crippen molar-refractivity contribution in [2.45, 2.75) is 19.3 Å². The Morgan fingerprint density at radius 3 is 2.37 bits per heavy atom. The Morgan fingerprint density at radius 1 is 1.16 bits per heavy atom. The van der Waals surface area contributed by atoms with Crippen molar-refractivity contribution in [3.63, 3.8) is 0 Å². The maximum absolute atomic E-state index is 11.9. The molecule has 0 aliphatic carbocycles. The number of methoxy groups -OCH3 is 1. The second kappa shape index (κ2) is 6.53. The second-order valence-electron chi connectivity index (χ2n) is 3.89. The summed E-state index contributed by atoms with van der Waals surface area (Å²) in [6.45, 7) is 0. The minimum absolute atomic E-state index is 0.0117. The lowest BCUT2D eigenvalue weighted by atomic mass is 10.0. The molecule has 0 unspecified atom stereocenters. The first-order valence-corrected chi connectivity index (χ1v) is 5.62. The Hall–Kier alpha value is -2.37. The van der Waals surface area contributed by atoms with Gasteiger partial charge in [0.2, 0.25) is 0 Å². The van der Waals surface area contributed by atoms with E-state index in [0.717, 1.165) is 0 Å². The number of carbonyl (C=O) groups excluding carboxylic acids is 1. The molecule has 6 heteroatoms. The summed E-state index contributed by atoms with van der Waals surface area (Å²) in [5.74, 6) is -2.16. The van der Waals surface area contributed by atoms with E-state index in [1.165, 1.54) is 25.3 Å². The second-order valence-corrected chi connectivity index (χ2v) is 3.89. The molecule has 0 bridgehead atoms. The van der Waals surface area contributed by atoms with E-state index < -0.39 is 11.9 Å². The number of Topliss-reactive ketones (excluding diaryl/α,β-unsaturated/α-hetero) is 1. The highest BCUT2D eigenvalue weighted by molar-refractivity contribution is 6.01. The quantitative estimate of drug-likeness (QED) is 0.730. The summed E-state index contributed by atoms with van der Waals surface area (Å²) in [7, 11) is 1.38. The van der Waals surface area contributed by atoms with Crippen LogP contribution in [0.15, 0.2) is 18.2 Å². The topological polar surface area (TPSA) is 101 Å². The molecule has 0 fully saturated rings. The Morgan fingerprint density at radius 2 is 1.84 bits per heavy atom. The summed E-state index contributed by atoms with van der Waals surface area (Å²) < 4.78 is 5.00. The average molecular weight is 266 g/mol. The number of carboxylic acid groups (broad SMARTS) is 2. The highest BCUT2D eigenvalue weighted by Gasteiger charge is 2.15. The molecule has 2 N–H and O–H groups in total. The Bertz CT molecular complexity index is 506. The van der Waals surface area contributed by atoms with E-state index in [-0.39, 0.29) is 41.9 Å². The van der Waals surface area contributed by atoms with Crippen LogP contribution < -0.4 is 4.74 Å². The van der Waals surface area contributed by atoms with Gasteiger partial charge in [-0.3, -0.25) is 9.59 Å². The number of ether oxygens (including phenoxy) is 1. The fourth-order valence-electron chi connectivity index (χ4n) is 1.59. The largest absolute Gasteiger partial charge is 0.496 e. The minimum Gasteiger partial charge on any atom is -0.496 e. The highest BCUT2D eigenvalue weighted by atomic mass is 16.5. The predicted octanol–water partition coefficient (Wildman–Crippen LogP) is 1.83. The number of ketones is 1. The molecule has 0 aromatic heterocycles. The number of carboxylic acids is 2. The van der Waals surface area contributed by atoms with Crippen molar-refractivity contribution in [3.8, 4) is 5.75 Å². The molecule has 6 nitrogen and oxygen atoms in total. The van der Waals surface area contributed by atoms with Crippen LogP contribution in [0, 0.1) is 0 Å². The van der Waals surface area contributed by atoms with Crippen molar-refractivity contribution in [1.82, 2.24) is 0 Å². The van der Waals surface area contributed by atoms with E-state index in [1.807, 2.05) is 0 Å². The SMILES string of the molecule is COc1ccc(C(=O)O)cc1C(=O)CCCC(=O)O. The number of aliphatic carboxylic acids is 1. The van der Waals surface area contributed by atoms with Crippen molar-refractivity contribution >= 4 is 17.7 Å². The number of rotatable bonds is 7. The molecule has 0 aliphatic heterocycles. The van der Waals surface area contributed by atoms with Gasteiger partial charge in [-0.1, -0.05) is 0 Å². The summed E-state index contributed by atoms with van der Waals surface area (Å²) in [5.41, 5.74) is 0.148. The average Bonchev–Trinajstić information content (AvgIpc) is 2.37. The third-order valence-electron chi connectivity index (χ3n) is 2.54. The highest BCUT2D eigenvalue weighted by Crippen LogP contribution is 2.22. The van der Waals surface area contributed by atoms with Gasteiger partial charge < -0.3 is 14.9 Å². The summed E-state index contributed by atoms with van der Waals surface area (Å²) in [6, 6.07) is 3.99. The van der Waals surface area contributed by atoms with Gasteiger partial charge in [0.25, 0.3) is 0 Å². The maximum atomic E-state index is 11.9. The lowest BCUT2D eigenvalue weighted by Crippen LogP contribution is -2.06. The molecule has 102 valence electrons. The summed E-state index contributed by atoms with van der Waals surface area (Å²) in [6.07, 6.45) is 0.132. The van der Waals surface area contributed by atoms with Gasteiger partial charge in [-0.05, 0) is 24.6 Å². The molecule has 0 heterocycles. The molecule has 0 amide bonds. The van der Waals surface area contributed by atoms with Crippen molar-refractivity contribution in [3.05, 3.63) is 29.3 Å². The number of carbonyl (C=O) groups is 3. The van der Waals surface area contributed by atoms with Gasteiger partial charge in [0.1, 0.15) is 5.75 Å². The number of hydrogen-bond acceptors (Lipinski definition) is 4. The van der Waals surface area contributed by atoms with E-state index in [1.54, 1.807) is 0 Å². The van der Waals surface area contributed by atoms with E-state index in [4.69, 9.17) is 14.9 Å². The van der Waals surface area contributed by atoms with Gasteiger partial charge in [-0.25, -0.2) is 4.79 Å². The van der Waals surface area contributed by atoms with Gasteiger partial charge >= 0.3 is 11.9 Å². The minimum atomic E-state index is -1.14. The molecule has 0 saturated heterocycles. The monoisotopic (exact) mass is 266 g/mol. The Labute approximate surface area is 109 Å². The van der Waals surface area contributed by atoms with Gasteiger partial charge in [0, 0.05) is 12.8 Å². The molecular weight excluding hydrogens is 252 g/mol. The number of benzene rings is 1. The number of hydrogen-bond donors (Lipinski definition) is 2. The molecule has 1 aromatic rings. The molecule has 1 aromatic carbocycles. The van der Waals surface area contributed by atoms with Crippen LogP contribution in [0.2, 0.25) is 0 Å². The Kier molecular flexibility index (Phi) is 5.05. The third kappa shape index (κ3) is 4.09. The van der Waals surface area contributed by atoms with E-state index in [0.29, 0.717) is 0 Å². The lowest BCUT2D eigenvalue weighted by molar-refractivity contribution is -0.137. The molecule has 0 radical (unpaired) electrons. The first-order chi connectivity index (χ1) is 8.95. The zero-order valence-corrected chi connectivity index (χ0v) is 10.4. The van der Waals surface area contributed by atoms with Gasteiger partial charge in [-0.15, -0.1) is 0 Å². The van der Waals surface area contributed by atoms with Crippen LogP contribution in [0.5, 0.6) is 5.75 Å². The van der Waals surface area contributed by atoms with E-state index in [9.17, 15) is 14.4 Å². The normalized spacial score (nSPS) is 9.95. The van der Waals surface area contributed by atoms with Crippen molar-refractivity contribution < 1.29 is 29.3 Å². The maximum Gasteiger partial charge on any atom is 0.335 e. The molecule has 1 rings (SSSR count). The molecule has 0 aliphatic rings.